The van der Waals surface area contributed by atoms with Crippen LogP contribution in [0, 0.1) is 17.0 Å². The number of hydrogen-bond acceptors (Lipinski definition) is 5. The molecule has 0 spiro atoms. The van der Waals surface area contributed by atoms with Crippen LogP contribution in [0.1, 0.15) is 5.56 Å². The van der Waals surface area contributed by atoms with E-state index in [0.29, 0.717) is 5.69 Å². The molecule has 3 aromatic rings. The number of anilines is 1. The molecule has 0 unspecified atom stereocenters. The molecule has 1 heterocycles. The molecule has 0 radical (unpaired) electrons. The Bertz CT molecular complexity index is 1000. The summed E-state index contributed by atoms with van der Waals surface area (Å²) in [5.41, 5.74) is 1.79. The SMILES string of the molecule is Cc1cccc(NC(=O)Cn2c(=O)oc3ccc([N+](=O)[O-])cc32)c1. The van der Waals surface area contributed by atoms with Gasteiger partial charge in [-0.05, 0) is 30.7 Å². The zero-order valence-corrected chi connectivity index (χ0v) is 12.7. The van der Waals surface area contributed by atoms with Crippen molar-refractivity contribution in [3.63, 3.8) is 0 Å². The van der Waals surface area contributed by atoms with E-state index in [-0.39, 0.29) is 23.3 Å². The van der Waals surface area contributed by atoms with Crippen molar-refractivity contribution in [2.45, 2.75) is 13.5 Å². The van der Waals surface area contributed by atoms with Gasteiger partial charge in [-0.3, -0.25) is 19.5 Å². The number of aromatic nitrogens is 1. The van der Waals surface area contributed by atoms with Gasteiger partial charge in [-0.15, -0.1) is 0 Å². The number of non-ortho nitro benzene ring substituents is 1. The first-order chi connectivity index (χ1) is 11.4. The second-order valence-electron chi connectivity index (χ2n) is 5.28. The van der Waals surface area contributed by atoms with Crippen LogP contribution in [0.15, 0.2) is 51.7 Å². The fourth-order valence-corrected chi connectivity index (χ4v) is 2.38. The topological polar surface area (TPSA) is 107 Å². The fourth-order valence-electron chi connectivity index (χ4n) is 2.38. The summed E-state index contributed by atoms with van der Waals surface area (Å²) in [6.45, 7) is 1.59. The molecule has 0 fully saturated rings. The third-order valence-corrected chi connectivity index (χ3v) is 3.47. The number of nitrogens with one attached hydrogen (secondary N) is 1. The molecule has 0 aliphatic rings. The number of nitro groups is 1. The molecule has 0 atom stereocenters. The molecule has 0 aliphatic heterocycles. The lowest BCUT2D eigenvalue weighted by Gasteiger charge is -2.06. The Balaban J connectivity index is 1.90. The van der Waals surface area contributed by atoms with E-state index in [1.54, 1.807) is 18.2 Å². The van der Waals surface area contributed by atoms with Gasteiger partial charge in [0.05, 0.1) is 10.4 Å². The number of oxazole rings is 1. The van der Waals surface area contributed by atoms with Gasteiger partial charge < -0.3 is 9.73 Å². The predicted molar refractivity (Wildman–Crippen MR) is 86.9 cm³/mol. The highest BCUT2D eigenvalue weighted by molar-refractivity contribution is 5.91. The summed E-state index contributed by atoms with van der Waals surface area (Å²) in [6, 6.07) is 11.0. The summed E-state index contributed by atoms with van der Waals surface area (Å²) in [5.74, 6) is -1.18. The summed E-state index contributed by atoms with van der Waals surface area (Å²) in [5, 5.41) is 13.5. The molecule has 8 nitrogen and oxygen atoms in total. The van der Waals surface area contributed by atoms with Gasteiger partial charge in [0.25, 0.3) is 5.69 Å². The molecular weight excluding hydrogens is 314 g/mol. The van der Waals surface area contributed by atoms with E-state index in [2.05, 4.69) is 5.32 Å². The summed E-state index contributed by atoms with van der Waals surface area (Å²) in [7, 11) is 0. The maximum Gasteiger partial charge on any atom is 0.420 e. The molecule has 24 heavy (non-hydrogen) atoms. The van der Waals surface area contributed by atoms with E-state index in [1.165, 1.54) is 18.2 Å². The zero-order chi connectivity index (χ0) is 17.3. The highest BCUT2D eigenvalue weighted by atomic mass is 16.6. The predicted octanol–water partition coefficient (Wildman–Crippen LogP) is 2.45. The second kappa shape index (κ2) is 5.99. The van der Waals surface area contributed by atoms with Crippen molar-refractivity contribution < 1.29 is 14.1 Å². The number of amides is 1. The standard InChI is InChI=1S/C16H13N3O5/c1-10-3-2-4-11(7-10)17-15(20)9-18-13-8-12(19(22)23)5-6-14(13)24-16(18)21/h2-8H,9H2,1H3,(H,17,20). The summed E-state index contributed by atoms with van der Waals surface area (Å²) >= 11 is 0. The minimum Gasteiger partial charge on any atom is -0.408 e. The van der Waals surface area contributed by atoms with Crippen LogP contribution in [0.2, 0.25) is 0 Å². The quantitative estimate of drug-likeness (QED) is 0.585. The monoisotopic (exact) mass is 327 g/mol. The Morgan fingerprint density at radius 1 is 1.29 bits per heavy atom. The van der Waals surface area contributed by atoms with Crippen molar-refractivity contribution in [3.8, 4) is 0 Å². The number of nitrogens with zero attached hydrogens (tertiary/aromatic N) is 2. The Morgan fingerprint density at radius 3 is 2.79 bits per heavy atom. The molecule has 1 amide bonds. The minimum atomic E-state index is -0.745. The van der Waals surface area contributed by atoms with Crippen LogP contribution in [0.3, 0.4) is 0 Å². The van der Waals surface area contributed by atoms with Gasteiger partial charge >= 0.3 is 5.76 Å². The Kier molecular flexibility index (Phi) is 3.87. The summed E-state index contributed by atoms with van der Waals surface area (Å²) in [4.78, 5) is 34.4. The van der Waals surface area contributed by atoms with Crippen LogP contribution in [-0.4, -0.2) is 15.4 Å². The van der Waals surface area contributed by atoms with E-state index in [1.807, 2.05) is 13.0 Å². The number of carbonyl (C=O) groups excluding carboxylic acids is 1. The van der Waals surface area contributed by atoms with E-state index in [9.17, 15) is 19.7 Å². The Labute approximate surface area is 135 Å². The number of aryl methyl sites for hydroxylation is 1. The van der Waals surface area contributed by atoms with Gasteiger partial charge in [-0.2, -0.15) is 0 Å². The number of carbonyl (C=O) groups is 1. The maximum absolute atomic E-state index is 12.2. The molecule has 8 heteroatoms. The molecule has 0 saturated carbocycles. The van der Waals surface area contributed by atoms with Crippen molar-refractivity contribution >= 4 is 28.4 Å². The van der Waals surface area contributed by atoms with Gasteiger partial charge in [0.1, 0.15) is 6.54 Å². The average molecular weight is 327 g/mol. The third kappa shape index (κ3) is 3.02. The smallest absolute Gasteiger partial charge is 0.408 e. The van der Waals surface area contributed by atoms with Gasteiger partial charge in [0.2, 0.25) is 5.91 Å². The third-order valence-electron chi connectivity index (χ3n) is 3.47. The van der Waals surface area contributed by atoms with Crippen LogP contribution in [0.4, 0.5) is 11.4 Å². The van der Waals surface area contributed by atoms with Gasteiger partial charge in [-0.25, -0.2) is 4.79 Å². The van der Waals surface area contributed by atoms with Crippen LogP contribution in [0.5, 0.6) is 0 Å². The minimum absolute atomic E-state index is 0.184. The molecule has 2 aromatic carbocycles. The van der Waals surface area contributed by atoms with E-state index >= 15 is 0 Å². The number of nitro benzene ring substituents is 1. The Hall–Kier alpha value is -3.42. The molecule has 122 valence electrons. The highest BCUT2D eigenvalue weighted by Crippen LogP contribution is 2.20. The largest absolute Gasteiger partial charge is 0.420 e. The molecule has 3 rings (SSSR count). The number of hydrogen-bond donors (Lipinski definition) is 1. The lowest BCUT2D eigenvalue weighted by atomic mass is 10.2. The molecule has 0 saturated heterocycles. The van der Waals surface area contributed by atoms with Crippen LogP contribution in [-0.2, 0) is 11.3 Å². The molecule has 1 aromatic heterocycles. The second-order valence-corrected chi connectivity index (χ2v) is 5.28. The van der Waals surface area contributed by atoms with Crippen molar-refractivity contribution in [1.82, 2.24) is 4.57 Å². The van der Waals surface area contributed by atoms with Crippen molar-refractivity contribution in [1.29, 1.82) is 0 Å². The number of fused-ring (bicyclic) bond motifs is 1. The molecular formula is C16H13N3O5. The maximum atomic E-state index is 12.2. The first-order valence-electron chi connectivity index (χ1n) is 7.08. The molecule has 1 N–H and O–H groups in total. The normalized spacial score (nSPS) is 10.7. The number of benzene rings is 2. The first kappa shape index (κ1) is 15.5. The van der Waals surface area contributed by atoms with Crippen LogP contribution < -0.4 is 11.1 Å². The van der Waals surface area contributed by atoms with Crippen molar-refractivity contribution in [2.75, 3.05) is 5.32 Å². The van der Waals surface area contributed by atoms with E-state index in [0.717, 1.165) is 10.1 Å². The highest BCUT2D eigenvalue weighted by Gasteiger charge is 2.16. The Morgan fingerprint density at radius 2 is 2.08 bits per heavy atom. The zero-order valence-electron chi connectivity index (χ0n) is 12.7. The summed E-state index contributed by atoms with van der Waals surface area (Å²) in [6.07, 6.45) is 0. The molecule has 0 bridgehead atoms. The first-order valence-corrected chi connectivity index (χ1v) is 7.08. The van der Waals surface area contributed by atoms with Gasteiger partial charge in [0.15, 0.2) is 5.58 Å². The van der Waals surface area contributed by atoms with Crippen LogP contribution >= 0.6 is 0 Å². The lowest BCUT2D eigenvalue weighted by Crippen LogP contribution is -2.24. The van der Waals surface area contributed by atoms with Crippen LogP contribution in [0.25, 0.3) is 11.1 Å². The van der Waals surface area contributed by atoms with Gasteiger partial charge in [-0.1, -0.05) is 12.1 Å². The average Bonchev–Trinajstić information content (AvgIpc) is 2.82. The summed E-state index contributed by atoms with van der Waals surface area (Å²) < 4.78 is 6.07. The van der Waals surface area contributed by atoms with E-state index in [4.69, 9.17) is 4.42 Å². The number of rotatable bonds is 4. The van der Waals surface area contributed by atoms with Gasteiger partial charge in [0, 0.05) is 17.8 Å². The molecule has 0 aliphatic carbocycles. The lowest BCUT2D eigenvalue weighted by molar-refractivity contribution is -0.384. The van der Waals surface area contributed by atoms with Crippen molar-refractivity contribution in [2.24, 2.45) is 0 Å². The fraction of sp³-hybridized carbons (Fsp3) is 0.125. The van der Waals surface area contributed by atoms with E-state index < -0.39 is 16.6 Å². The van der Waals surface area contributed by atoms with Crippen molar-refractivity contribution in [3.05, 3.63) is 68.7 Å².